The predicted molar refractivity (Wildman–Crippen MR) is 119 cm³/mol. The number of halogens is 2. The summed E-state index contributed by atoms with van der Waals surface area (Å²) >= 11 is 0. The van der Waals surface area contributed by atoms with Gasteiger partial charge in [0.1, 0.15) is 0 Å². The number of rotatable bonds is 5. The van der Waals surface area contributed by atoms with Crippen LogP contribution in [-0.4, -0.2) is 23.7 Å². The molecule has 146 valence electrons. The fraction of sp³-hybridized carbons (Fsp3) is 0.182. The number of benzene rings is 2. The molecule has 28 heavy (non-hydrogen) atoms. The number of para-hydroxylation sites is 1. The molecule has 0 amide bonds. The third-order valence-corrected chi connectivity index (χ3v) is 4.47. The summed E-state index contributed by atoms with van der Waals surface area (Å²) in [5.41, 5.74) is 3.31. The largest absolute Gasteiger partial charge is 0.493 e. The number of nitrogens with zero attached hydrogens (tertiary/aromatic N) is 2. The molecule has 0 aliphatic carbocycles. The van der Waals surface area contributed by atoms with Crippen molar-refractivity contribution in [1.29, 1.82) is 0 Å². The van der Waals surface area contributed by atoms with Crippen LogP contribution in [0.3, 0.4) is 0 Å². The Morgan fingerprint density at radius 2 is 1.71 bits per heavy atom. The molecule has 2 heterocycles. The summed E-state index contributed by atoms with van der Waals surface area (Å²) in [6.07, 6.45) is 6.48. The zero-order chi connectivity index (χ0) is 17.9. The number of aromatic nitrogens is 2. The van der Waals surface area contributed by atoms with Crippen molar-refractivity contribution in [2.45, 2.75) is 13.3 Å². The lowest BCUT2D eigenvalue weighted by molar-refractivity contribution is 0.311. The van der Waals surface area contributed by atoms with Crippen molar-refractivity contribution >= 4 is 46.5 Å². The van der Waals surface area contributed by atoms with E-state index >= 15 is 0 Å². The highest BCUT2D eigenvalue weighted by molar-refractivity contribution is 5.88. The summed E-state index contributed by atoms with van der Waals surface area (Å²) in [5, 5.41) is 3.31. The second-order valence-electron chi connectivity index (χ2n) is 6.17. The van der Waals surface area contributed by atoms with Gasteiger partial charge in [0.15, 0.2) is 11.5 Å². The molecule has 4 rings (SSSR count). The van der Waals surface area contributed by atoms with Crippen molar-refractivity contribution in [3.05, 3.63) is 72.2 Å². The van der Waals surface area contributed by atoms with Crippen molar-refractivity contribution in [2.75, 3.05) is 13.7 Å². The standard InChI is InChI=1S/C22H20N2O2.2ClH/c1-3-26-22-11-19-17(13-23-14-18(19)10-21(22)25-2)9-15-8-16-6-4-5-7-20(16)24-12-15;;/h4-8,10-14H,3,9H2,1-2H3;2*1H. The van der Waals surface area contributed by atoms with Gasteiger partial charge < -0.3 is 9.47 Å². The van der Waals surface area contributed by atoms with E-state index < -0.39 is 0 Å². The van der Waals surface area contributed by atoms with Gasteiger partial charge in [-0.25, -0.2) is 0 Å². The molecule has 0 bridgehead atoms. The maximum atomic E-state index is 5.74. The van der Waals surface area contributed by atoms with Crippen LogP contribution in [0.1, 0.15) is 18.1 Å². The first-order valence-corrected chi connectivity index (χ1v) is 8.69. The Kier molecular flexibility index (Phi) is 7.44. The summed E-state index contributed by atoms with van der Waals surface area (Å²) < 4.78 is 11.2. The molecule has 0 saturated heterocycles. The Bertz CT molecular complexity index is 1090. The monoisotopic (exact) mass is 416 g/mol. The van der Waals surface area contributed by atoms with Gasteiger partial charge in [-0.15, -0.1) is 24.8 Å². The molecular weight excluding hydrogens is 395 g/mol. The minimum atomic E-state index is 0. The average molecular weight is 417 g/mol. The van der Waals surface area contributed by atoms with Crippen molar-refractivity contribution in [1.82, 2.24) is 9.97 Å². The zero-order valence-corrected chi connectivity index (χ0v) is 17.3. The number of pyridine rings is 2. The van der Waals surface area contributed by atoms with E-state index in [2.05, 4.69) is 22.1 Å². The molecule has 0 spiro atoms. The van der Waals surface area contributed by atoms with Crippen LogP contribution in [0.15, 0.2) is 61.1 Å². The third-order valence-electron chi connectivity index (χ3n) is 4.47. The molecule has 4 nitrogen and oxygen atoms in total. The first-order valence-electron chi connectivity index (χ1n) is 8.69. The van der Waals surface area contributed by atoms with Crippen molar-refractivity contribution < 1.29 is 9.47 Å². The molecule has 2 aromatic carbocycles. The summed E-state index contributed by atoms with van der Waals surface area (Å²) in [7, 11) is 1.65. The van der Waals surface area contributed by atoms with E-state index in [0.29, 0.717) is 6.61 Å². The minimum Gasteiger partial charge on any atom is -0.493 e. The van der Waals surface area contributed by atoms with Crippen LogP contribution in [0.5, 0.6) is 11.5 Å². The molecule has 0 N–H and O–H groups in total. The van der Waals surface area contributed by atoms with E-state index in [1.54, 1.807) is 7.11 Å². The van der Waals surface area contributed by atoms with Gasteiger partial charge in [0.2, 0.25) is 0 Å². The molecule has 4 aromatic rings. The number of ether oxygens (including phenoxy) is 2. The average Bonchev–Trinajstić information content (AvgIpc) is 2.68. The second kappa shape index (κ2) is 9.58. The van der Waals surface area contributed by atoms with Crippen molar-refractivity contribution in [3.8, 4) is 11.5 Å². The summed E-state index contributed by atoms with van der Waals surface area (Å²) in [6.45, 7) is 2.56. The Labute approximate surface area is 176 Å². The Morgan fingerprint density at radius 1 is 0.893 bits per heavy atom. The molecule has 0 radical (unpaired) electrons. The van der Waals surface area contributed by atoms with E-state index in [0.717, 1.165) is 50.7 Å². The van der Waals surface area contributed by atoms with Crippen LogP contribution in [0, 0.1) is 0 Å². The summed E-state index contributed by atoms with van der Waals surface area (Å²) in [4.78, 5) is 8.97. The molecule has 6 heteroatoms. The lowest BCUT2D eigenvalue weighted by Crippen LogP contribution is -1.98. The number of hydrogen-bond donors (Lipinski definition) is 0. The highest BCUT2D eigenvalue weighted by Gasteiger charge is 2.11. The van der Waals surface area contributed by atoms with Crippen LogP contribution in [-0.2, 0) is 6.42 Å². The first kappa shape index (κ1) is 21.7. The summed E-state index contributed by atoms with van der Waals surface area (Å²) in [5.74, 6) is 1.48. The fourth-order valence-corrected chi connectivity index (χ4v) is 3.24. The number of fused-ring (bicyclic) bond motifs is 2. The van der Waals surface area contributed by atoms with Crippen molar-refractivity contribution in [3.63, 3.8) is 0 Å². The lowest BCUT2D eigenvalue weighted by atomic mass is 10.0. The van der Waals surface area contributed by atoms with Crippen molar-refractivity contribution in [2.24, 2.45) is 0 Å². The second-order valence-corrected chi connectivity index (χ2v) is 6.17. The Morgan fingerprint density at radius 3 is 2.50 bits per heavy atom. The number of methoxy groups -OCH3 is 1. The molecule has 0 aliphatic rings. The van der Waals surface area contributed by atoms with Gasteiger partial charge in [-0.1, -0.05) is 18.2 Å². The molecule has 0 saturated carbocycles. The van der Waals surface area contributed by atoms with E-state index in [1.807, 2.05) is 55.8 Å². The Balaban J connectivity index is 0.00000140. The third kappa shape index (κ3) is 4.29. The quantitative estimate of drug-likeness (QED) is 0.423. The molecule has 0 unspecified atom stereocenters. The van der Waals surface area contributed by atoms with Crippen LogP contribution in [0.25, 0.3) is 21.7 Å². The van der Waals surface area contributed by atoms with Crippen LogP contribution >= 0.6 is 24.8 Å². The predicted octanol–water partition coefficient (Wildman–Crippen LogP) is 5.62. The van der Waals surface area contributed by atoms with Crippen LogP contribution in [0.2, 0.25) is 0 Å². The normalized spacial score (nSPS) is 10.2. The molecule has 2 aromatic heterocycles. The highest BCUT2D eigenvalue weighted by atomic mass is 35.5. The minimum absolute atomic E-state index is 0. The van der Waals surface area contributed by atoms with E-state index in [-0.39, 0.29) is 24.8 Å². The van der Waals surface area contributed by atoms with Gasteiger partial charge in [-0.3, -0.25) is 9.97 Å². The van der Waals surface area contributed by atoms with E-state index in [4.69, 9.17) is 9.47 Å². The van der Waals surface area contributed by atoms with Gasteiger partial charge in [-0.05, 0) is 47.7 Å². The topological polar surface area (TPSA) is 44.2 Å². The van der Waals surface area contributed by atoms with Gasteiger partial charge in [0.25, 0.3) is 0 Å². The SMILES string of the molecule is CCOc1cc2c(Cc3cnc4ccccc4c3)cncc2cc1OC.Cl.Cl. The van der Waals surface area contributed by atoms with Crippen LogP contribution < -0.4 is 9.47 Å². The van der Waals surface area contributed by atoms with Gasteiger partial charge in [0, 0.05) is 35.8 Å². The van der Waals surface area contributed by atoms with Crippen LogP contribution in [0.4, 0.5) is 0 Å². The maximum Gasteiger partial charge on any atom is 0.161 e. The smallest absolute Gasteiger partial charge is 0.161 e. The fourth-order valence-electron chi connectivity index (χ4n) is 3.24. The molecule has 0 aliphatic heterocycles. The first-order chi connectivity index (χ1) is 12.8. The molecular formula is C22H22Cl2N2O2. The molecule has 0 atom stereocenters. The Hall–Kier alpha value is -2.56. The summed E-state index contributed by atoms with van der Waals surface area (Å²) in [6, 6.07) is 14.4. The van der Waals surface area contributed by atoms with Gasteiger partial charge in [-0.2, -0.15) is 0 Å². The van der Waals surface area contributed by atoms with E-state index in [1.165, 1.54) is 0 Å². The zero-order valence-electron chi connectivity index (χ0n) is 15.7. The van der Waals surface area contributed by atoms with E-state index in [9.17, 15) is 0 Å². The molecule has 0 fully saturated rings. The van der Waals surface area contributed by atoms with Gasteiger partial charge >= 0.3 is 0 Å². The lowest BCUT2D eigenvalue weighted by Gasteiger charge is -2.13. The van der Waals surface area contributed by atoms with Gasteiger partial charge in [0.05, 0.1) is 19.2 Å². The number of hydrogen-bond acceptors (Lipinski definition) is 4. The maximum absolute atomic E-state index is 5.74. The highest BCUT2D eigenvalue weighted by Crippen LogP contribution is 2.34.